The molecule has 0 spiro atoms. The molecule has 1 heterocycles. The maximum atomic E-state index is 12.5. The molecule has 0 radical (unpaired) electrons. The third-order valence-corrected chi connectivity index (χ3v) is 4.36. The first-order valence-corrected chi connectivity index (χ1v) is 8.58. The number of Topliss-reactive ketones (excluding diaryl/α,β-unsaturated/α-hetero) is 1. The van der Waals surface area contributed by atoms with Gasteiger partial charge >= 0.3 is 0 Å². The van der Waals surface area contributed by atoms with Crippen LogP contribution < -0.4 is 10.1 Å². The van der Waals surface area contributed by atoms with Crippen LogP contribution in [0.4, 0.5) is 5.69 Å². The number of amides is 1. The van der Waals surface area contributed by atoms with E-state index < -0.39 is 5.60 Å². The van der Waals surface area contributed by atoms with Crippen molar-refractivity contribution in [2.24, 2.45) is 0 Å². The summed E-state index contributed by atoms with van der Waals surface area (Å²) in [4.78, 5) is 24.5. The van der Waals surface area contributed by atoms with Crippen molar-refractivity contribution in [1.29, 1.82) is 0 Å². The highest BCUT2D eigenvalue weighted by atomic mass is 16.5. The van der Waals surface area contributed by atoms with Crippen molar-refractivity contribution in [2.75, 3.05) is 5.32 Å². The van der Waals surface area contributed by atoms with E-state index in [9.17, 15) is 9.59 Å². The first-order valence-electron chi connectivity index (χ1n) is 8.58. The summed E-state index contributed by atoms with van der Waals surface area (Å²) in [7, 11) is 0. The van der Waals surface area contributed by atoms with E-state index in [-0.39, 0.29) is 11.7 Å². The number of hydrogen-bond acceptors (Lipinski definition) is 4. The highest BCUT2D eigenvalue weighted by Crippen LogP contribution is 2.28. The van der Waals surface area contributed by atoms with Crippen LogP contribution in [0.3, 0.4) is 0 Å². The molecule has 2 aromatic rings. The van der Waals surface area contributed by atoms with Crippen LogP contribution in [0.1, 0.15) is 49.5 Å². The third kappa shape index (κ3) is 3.73. The number of fused-ring (bicyclic) bond motifs is 1. The minimum atomic E-state index is -1.05. The van der Waals surface area contributed by atoms with Crippen LogP contribution in [0.2, 0.25) is 0 Å². The monoisotopic (exact) mass is 341 g/mol. The fourth-order valence-corrected chi connectivity index (χ4v) is 2.91. The quantitative estimate of drug-likeness (QED) is 0.906. The minimum absolute atomic E-state index is 0.178. The SMILES string of the molecule is CCn1cc(NC(=O)C(C)(C)Oc2ccc3c(c2)CCCC3=O)cn1. The van der Waals surface area contributed by atoms with Gasteiger partial charge in [-0.1, -0.05) is 0 Å². The Kier molecular flexibility index (Phi) is 4.61. The molecular formula is C19H23N3O3. The van der Waals surface area contributed by atoms with Crippen molar-refractivity contribution >= 4 is 17.4 Å². The number of ether oxygens (including phenoxy) is 1. The van der Waals surface area contributed by atoms with Gasteiger partial charge in [-0.3, -0.25) is 14.3 Å². The molecule has 1 N–H and O–H groups in total. The summed E-state index contributed by atoms with van der Waals surface area (Å²) in [5, 5.41) is 6.96. The Hall–Kier alpha value is -2.63. The number of aryl methyl sites for hydroxylation is 2. The maximum absolute atomic E-state index is 12.5. The Labute approximate surface area is 147 Å². The zero-order valence-electron chi connectivity index (χ0n) is 14.8. The lowest BCUT2D eigenvalue weighted by Crippen LogP contribution is -2.42. The molecule has 1 amide bonds. The van der Waals surface area contributed by atoms with Gasteiger partial charge < -0.3 is 10.1 Å². The van der Waals surface area contributed by atoms with Crippen molar-refractivity contribution in [2.45, 2.75) is 52.2 Å². The van der Waals surface area contributed by atoms with E-state index in [0.29, 0.717) is 17.9 Å². The smallest absolute Gasteiger partial charge is 0.268 e. The number of carbonyl (C=O) groups is 2. The van der Waals surface area contributed by atoms with E-state index in [1.165, 1.54) is 0 Å². The number of ketones is 1. The van der Waals surface area contributed by atoms with Crippen LogP contribution in [0.15, 0.2) is 30.6 Å². The van der Waals surface area contributed by atoms with Gasteiger partial charge in [-0.05, 0) is 57.4 Å². The lowest BCUT2D eigenvalue weighted by atomic mass is 9.90. The van der Waals surface area contributed by atoms with Crippen molar-refractivity contribution in [3.05, 3.63) is 41.7 Å². The van der Waals surface area contributed by atoms with E-state index >= 15 is 0 Å². The average Bonchev–Trinajstić information content (AvgIpc) is 3.02. The van der Waals surface area contributed by atoms with Gasteiger partial charge in [0, 0.05) is 24.7 Å². The van der Waals surface area contributed by atoms with Crippen LogP contribution in [0, 0.1) is 0 Å². The molecule has 3 rings (SSSR count). The molecule has 6 nitrogen and oxygen atoms in total. The summed E-state index contributed by atoms with van der Waals surface area (Å²) >= 11 is 0. The van der Waals surface area contributed by atoms with Gasteiger partial charge in [0.2, 0.25) is 0 Å². The predicted molar refractivity (Wildman–Crippen MR) is 94.9 cm³/mol. The summed E-state index contributed by atoms with van der Waals surface area (Å²) in [6.45, 7) is 6.16. The van der Waals surface area contributed by atoms with E-state index in [2.05, 4.69) is 10.4 Å². The lowest BCUT2D eigenvalue weighted by Gasteiger charge is -2.26. The van der Waals surface area contributed by atoms with Gasteiger partial charge in [0.15, 0.2) is 11.4 Å². The zero-order valence-corrected chi connectivity index (χ0v) is 14.8. The second-order valence-corrected chi connectivity index (χ2v) is 6.75. The van der Waals surface area contributed by atoms with Crippen molar-refractivity contribution < 1.29 is 14.3 Å². The second kappa shape index (κ2) is 6.70. The van der Waals surface area contributed by atoms with Gasteiger partial charge in [-0.2, -0.15) is 5.10 Å². The summed E-state index contributed by atoms with van der Waals surface area (Å²) in [5.74, 6) is 0.521. The molecule has 1 aliphatic carbocycles. The Morgan fingerprint density at radius 3 is 2.88 bits per heavy atom. The number of hydrogen-bond donors (Lipinski definition) is 1. The summed E-state index contributed by atoms with van der Waals surface area (Å²) in [6.07, 6.45) is 5.72. The van der Waals surface area contributed by atoms with Crippen LogP contribution >= 0.6 is 0 Å². The molecule has 0 unspecified atom stereocenters. The number of nitrogens with zero attached hydrogens (tertiary/aromatic N) is 2. The van der Waals surface area contributed by atoms with E-state index in [1.807, 2.05) is 13.0 Å². The molecule has 25 heavy (non-hydrogen) atoms. The number of benzene rings is 1. The molecule has 0 saturated carbocycles. The first kappa shape index (κ1) is 17.2. The molecule has 0 fully saturated rings. The highest BCUT2D eigenvalue weighted by Gasteiger charge is 2.31. The molecule has 1 aromatic heterocycles. The first-order chi connectivity index (χ1) is 11.9. The van der Waals surface area contributed by atoms with E-state index in [0.717, 1.165) is 30.5 Å². The Bertz CT molecular complexity index is 808. The topological polar surface area (TPSA) is 73.2 Å². The van der Waals surface area contributed by atoms with Crippen molar-refractivity contribution in [1.82, 2.24) is 9.78 Å². The molecule has 1 aliphatic rings. The standard InChI is InChI=1S/C19H23N3O3/c1-4-22-12-14(11-20-22)21-18(24)19(2,3)25-15-8-9-16-13(10-15)6-5-7-17(16)23/h8-12H,4-7H2,1-3H3,(H,21,24). The van der Waals surface area contributed by atoms with Crippen LogP contribution in [-0.4, -0.2) is 27.1 Å². The highest BCUT2D eigenvalue weighted by molar-refractivity contribution is 5.99. The second-order valence-electron chi connectivity index (χ2n) is 6.75. The molecule has 132 valence electrons. The Morgan fingerprint density at radius 2 is 2.16 bits per heavy atom. The van der Waals surface area contributed by atoms with Gasteiger partial charge in [-0.25, -0.2) is 0 Å². The van der Waals surface area contributed by atoms with Crippen LogP contribution in [0.25, 0.3) is 0 Å². The van der Waals surface area contributed by atoms with Crippen molar-refractivity contribution in [3.8, 4) is 5.75 Å². The van der Waals surface area contributed by atoms with Crippen molar-refractivity contribution in [3.63, 3.8) is 0 Å². The summed E-state index contributed by atoms with van der Waals surface area (Å²) in [6, 6.07) is 5.42. The molecule has 0 saturated heterocycles. The maximum Gasteiger partial charge on any atom is 0.268 e. The normalized spacial score (nSPS) is 14.1. The molecule has 0 atom stereocenters. The van der Waals surface area contributed by atoms with Gasteiger partial charge in [0.1, 0.15) is 5.75 Å². The van der Waals surface area contributed by atoms with Gasteiger partial charge in [0.25, 0.3) is 5.91 Å². The average molecular weight is 341 g/mol. The molecular weight excluding hydrogens is 318 g/mol. The Balaban J connectivity index is 1.72. The minimum Gasteiger partial charge on any atom is -0.478 e. The number of carbonyl (C=O) groups excluding carboxylic acids is 2. The van der Waals surface area contributed by atoms with Gasteiger partial charge in [-0.15, -0.1) is 0 Å². The third-order valence-electron chi connectivity index (χ3n) is 4.36. The summed E-state index contributed by atoms with van der Waals surface area (Å²) < 4.78 is 7.66. The van der Waals surface area contributed by atoms with E-state index in [1.54, 1.807) is 43.1 Å². The number of rotatable bonds is 5. The fraction of sp³-hybridized carbons (Fsp3) is 0.421. The summed E-state index contributed by atoms with van der Waals surface area (Å²) in [5.41, 5.74) is 1.35. The number of aromatic nitrogens is 2. The molecule has 0 bridgehead atoms. The predicted octanol–water partition coefficient (Wildman–Crippen LogP) is 3.22. The fourth-order valence-electron chi connectivity index (χ4n) is 2.91. The Morgan fingerprint density at radius 1 is 1.36 bits per heavy atom. The largest absolute Gasteiger partial charge is 0.478 e. The lowest BCUT2D eigenvalue weighted by molar-refractivity contribution is -0.128. The molecule has 1 aromatic carbocycles. The number of nitrogens with one attached hydrogen (secondary N) is 1. The number of anilines is 1. The van der Waals surface area contributed by atoms with E-state index in [4.69, 9.17) is 4.74 Å². The molecule has 6 heteroatoms. The van der Waals surface area contributed by atoms with Crippen LogP contribution in [0.5, 0.6) is 5.75 Å². The zero-order chi connectivity index (χ0) is 18.0. The van der Waals surface area contributed by atoms with Gasteiger partial charge in [0.05, 0.1) is 11.9 Å². The molecule has 0 aliphatic heterocycles. The van der Waals surface area contributed by atoms with Crippen LogP contribution in [-0.2, 0) is 17.8 Å².